The summed E-state index contributed by atoms with van der Waals surface area (Å²) in [5, 5.41) is 9.48. The second-order valence-corrected chi connectivity index (χ2v) is 6.01. The van der Waals surface area contributed by atoms with Crippen molar-refractivity contribution in [2.75, 3.05) is 31.3 Å². The lowest BCUT2D eigenvalue weighted by molar-refractivity contribution is 0.306. The van der Waals surface area contributed by atoms with Crippen LogP contribution in [0.3, 0.4) is 0 Å². The average molecular weight is 352 g/mol. The molecule has 2 aromatic rings. The quantitative estimate of drug-likeness (QED) is 0.575. The maximum Gasteiger partial charge on any atom is 0.230 e. The second-order valence-electron chi connectivity index (χ2n) is 6.01. The predicted molar refractivity (Wildman–Crippen MR) is 104 cm³/mol. The fraction of sp³-hybridized carbons (Fsp3) is 0.368. The highest BCUT2D eigenvalue weighted by Gasteiger charge is 2.10. The maximum absolute atomic E-state index is 9.48. The van der Waals surface area contributed by atoms with Gasteiger partial charge in [0.15, 0.2) is 5.82 Å². The molecule has 7 nitrogen and oxygen atoms in total. The number of hydrogen-bond donors (Lipinski definition) is 1. The summed E-state index contributed by atoms with van der Waals surface area (Å²) in [5.41, 5.74) is 6.90. The van der Waals surface area contributed by atoms with Crippen LogP contribution in [0.2, 0.25) is 0 Å². The Bertz CT molecular complexity index is 793. The highest BCUT2D eigenvalue weighted by molar-refractivity contribution is 5.87. The monoisotopic (exact) mass is 352 g/mol. The molecule has 0 saturated heterocycles. The number of hydrogen-bond acceptors (Lipinski definition) is 7. The van der Waals surface area contributed by atoms with E-state index in [-0.39, 0.29) is 11.8 Å². The van der Waals surface area contributed by atoms with Gasteiger partial charge in [0.05, 0.1) is 12.2 Å². The Labute approximate surface area is 154 Å². The van der Waals surface area contributed by atoms with Gasteiger partial charge < -0.3 is 15.4 Å². The van der Waals surface area contributed by atoms with E-state index >= 15 is 0 Å². The van der Waals surface area contributed by atoms with Crippen LogP contribution in [0.4, 0.5) is 11.9 Å². The highest BCUT2D eigenvalue weighted by atomic mass is 16.5. The molecule has 1 heterocycles. The van der Waals surface area contributed by atoms with Crippen LogP contribution in [0.5, 0.6) is 5.75 Å². The molecular weight excluding hydrogens is 328 g/mol. The number of allylic oxidation sites excluding steroid dienone is 1. The predicted octanol–water partition coefficient (Wildman–Crippen LogP) is 3.15. The van der Waals surface area contributed by atoms with E-state index in [0.29, 0.717) is 18.1 Å². The van der Waals surface area contributed by atoms with Crippen molar-refractivity contribution < 1.29 is 4.74 Å². The molecule has 0 fully saturated rings. The molecule has 1 aromatic carbocycles. The Morgan fingerprint density at radius 1 is 1.19 bits per heavy atom. The molecule has 0 spiro atoms. The van der Waals surface area contributed by atoms with Crippen molar-refractivity contribution in [3.63, 3.8) is 0 Å². The molecule has 0 atom stereocenters. The Hall–Kier alpha value is -3.14. The Morgan fingerprint density at radius 2 is 1.92 bits per heavy atom. The number of aromatic nitrogens is 3. The minimum absolute atomic E-state index is 0.0793. The van der Waals surface area contributed by atoms with Crippen molar-refractivity contribution in [3.8, 4) is 11.8 Å². The fourth-order valence-electron chi connectivity index (χ4n) is 2.22. The zero-order valence-corrected chi connectivity index (χ0v) is 15.4. The summed E-state index contributed by atoms with van der Waals surface area (Å²) < 4.78 is 5.70. The van der Waals surface area contributed by atoms with Gasteiger partial charge in [-0.3, -0.25) is 0 Å². The molecule has 0 aliphatic heterocycles. The van der Waals surface area contributed by atoms with E-state index in [0.717, 1.165) is 24.2 Å². The van der Waals surface area contributed by atoms with E-state index in [4.69, 9.17) is 10.5 Å². The van der Waals surface area contributed by atoms with E-state index in [1.807, 2.05) is 24.3 Å². The van der Waals surface area contributed by atoms with Crippen molar-refractivity contribution in [2.45, 2.75) is 26.2 Å². The first kappa shape index (κ1) is 19.2. The fourth-order valence-corrected chi connectivity index (χ4v) is 2.22. The van der Waals surface area contributed by atoms with Crippen LogP contribution in [0.15, 0.2) is 24.3 Å². The average Bonchev–Trinajstić information content (AvgIpc) is 2.63. The third-order valence-electron chi connectivity index (χ3n) is 3.61. The molecule has 1 aromatic heterocycles. The van der Waals surface area contributed by atoms with E-state index in [1.54, 1.807) is 25.1 Å². The van der Waals surface area contributed by atoms with Crippen LogP contribution in [0, 0.1) is 11.3 Å². The van der Waals surface area contributed by atoms with Gasteiger partial charge in [0, 0.05) is 14.1 Å². The Balaban J connectivity index is 2.17. The van der Waals surface area contributed by atoms with Crippen LogP contribution in [0.1, 0.15) is 37.6 Å². The van der Waals surface area contributed by atoms with Crippen molar-refractivity contribution in [1.29, 1.82) is 5.26 Å². The van der Waals surface area contributed by atoms with Gasteiger partial charge in [-0.25, -0.2) is 0 Å². The molecular formula is C19H24N6O. The van der Waals surface area contributed by atoms with Crippen LogP contribution in [-0.2, 0) is 0 Å². The lowest BCUT2D eigenvalue weighted by atomic mass is 10.1. The molecule has 0 amide bonds. The van der Waals surface area contributed by atoms with Crippen molar-refractivity contribution in [1.82, 2.24) is 15.0 Å². The number of nitrogens with zero attached hydrogens (tertiary/aromatic N) is 5. The summed E-state index contributed by atoms with van der Waals surface area (Å²) in [7, 11) is 3.60. The zero-order chi connectivity index (χ0) is 18.9. The molecule has 0 saturated carbocycles. The molecule has 0 radical (unpaired) electrons. The van der Waals surface area contributed by atoms with Gasteiger partial charge in [0.25, 0.3) is 0 Å². The first-order valence-corrected chi connectivity index (χ1v) is 8.57. The Kier molecular flexibility index (Phi) is 6.92. The minimum atomic E-state index is 0.0793. The van der Waals surface area contributed by atoms with Crippen molar-refractivity contribution in [3.05, 3.63) is 35.7 Å². The Morgan fingerprint density at radius 3 is 2.54 bits per heavy atom. The second kappa shape index (κ2) is 9.37. The number of nitrogen functional groups attached to an aromatic ring is 1. The van der Waals surface area contributed by atoms with E-state index in [9.17, 15) is 5.26 Å². The van der Waals surface area contributed by atoms with Crippen molar-refractivity contribution >= 4 is 23.5 Å². The van der Waals surface area contributed by atoms with Crippen LogP contribution in [-0.4, -0.2) is 35.7 Å². The highest BCUT2D eigenvalue weighted by Crippen LogP contribution is 2.19. The summed E-state index contributed by atoms with van der Waals surface area (Å²) >= 11 is 0. The molecule has 0 aliphatic carbocycles. The van der Waals surface area contributed by atoms with E-state index < -0.39 is 0 Å². The van der Waals surface area contributed by atoms with Crippen LogP contribution < -0.4 is 15.4 Å². The van der Waals surface area contributed by atoms with Gasteiger partial charge in [-0.2, -0.15) is 20.2 Å². The minimum Gasteiger partial charge on any atom is -0.494 e. The molecule has 0 aliphatic rings. The first-order chi connectivity index (χ1) is 12.5. The van der Waals surface area contributed by atoms with Crippen LogP contribution in [0.25, 0.3) is 11.6 Å². The normalized spacial score (nSPS) is 11.1. The molecule has 136 valence electrons. The van der Waals surface area contributed by atoms with Gasteiger partial charge >= 0.3 is 0 Å². The zero-order valence-electron chi connectivity index (χ0n) is 15.4. The summed E-state index contributed by atoms with van der Waals surface area (Å²) in [4.78, 5) is 14.1. The summed E-state index contributed by atoms with van der Waals surface area (Å²) in [6, 6.07) is 9.69. The van der Waals surface area contributed by atoms with Gasteiger partial charge in [-0.05, 0) is 30.2 Å². The smallest absolute Gasteiger partial charge is 0.230 e. The molecule has 0 bridgehead atoms. The molecule has 0 unspecified atom stereocenters. The molecule has 26 heavy (non-hydrogen) atoms. The molecule has 2 N–H and O–H groups in total. The van der Waals surface area contributed by atoms with Gasteiger partial charge in [0.1, 0.15) is 11.8 Å². The van der Waals surface area contributed by atoms with Gasteiger partial charge in [0.2, 0.25) is 11.9 Å². The number of ether oxygens (including phenoxy) is 1. The number of rotatable bonds is 8. The van der Waals surface area contributed by atoms with Crippen molar-refractivity contribution in [2.24, 2.45) is 0 Å². The standard InChI is InChI=1S/C19H24N6O/c1-4-5-6-11-26-16-9-7-14(8-10-16)12-15(13-20)17-22-18(21)24-19(23-17)25(2)3/h7-10,12H,4-6,11H2,1-3H3,(H2,21,22,23,24). The largest absolute Gasteiger partial charge is 0.494 e. The SMILES string of the molecule is CCCCCOc1ccc(C=C(C#N)c2nc(N)nc(N(C)C)n2)cc1. The summed E-state index contributed by atoms with van der Waals surface area (Å²) in [6.45, 7) is 2.87. The number of unbranched alkanes of at least 4 members (excludes halogenated alkanes) is 2. The lowest BCUT2D eigenvalue weighted by Gasteiger charge is -2.11. The summed E-state index contributed by atoms with van der Waals surface area (Å²) in [6.07, 6.45) is 5.10. The number of nitriles is 1. The maximum atomic E-state index is 9.48. The third kappa shape index (κ3) is 5.45. The van der Waals surface area contributed by atoms with Crippen LogP contribution >= 0.6 is 0 Å². The lowest BCUT2D eigenvalue weighted by Crippen LogP contribution is -2.15. The number of nitrogens with two attached hydrogens (primary N) is 1. The summed E-state index contributed by atoms with van der Waals surface area (Å²) in [5.74, 6) is 1.56. The number of anilines is 2. The molecule has 2 rings (SSSR count). The topological polar surface area (TPSA) is 101 Å². The van der Waals surface area contributed by atoms with Gasteiger partial charge in [-0.1, -0.05) is 31.9 Å². The van der Waals surface area contributed by atoms with Gasteiger partial charge in [-0.15, -0.1) is 0 Å². The van der Waals surface area contributed by atoms with E-state index in [1.165, 1.54) is 6.42 Å². The molecule has 7 heteroatoms. The number of benzene rings is 1. The third-order valence-corrected chi connectivity index (χ3v) is 3.61. The first-order valence-electron chi connectivity index (χ1n) is 8.57. The van der Waals surface area contributed by atoms with E-state index in [2.05, 4.69) is 27.9 Å².